The summed E-state index contributed by atoms with van der Waals surface area (Å²) in [6.45, 7) is 2.43. The van der Waals surface area contributed by atoms with Crippen molar-refractivity contribution in [2.75, 3.05) is 5.32 Å². The zero-order valence-electron chi connectivity index (χ0n) is 15.4. The number of carbonyl (C=O) groups is 1. The third kappa shape index (κ3) is 3.65. The molecule has 2 aromatic rings. The molecule has 0 saturated heterocycles. The highest BCUT2D eigenvalue weighted by Crippen LogP contribution is 2.33. The third-order valence-corrected chi connectivity index (χ3v) is 5.58. The molecule has 1 saturated carbocycles. The smallest absolute Gasteiger partial charge is 0.221 e. The zero-order valence-corrected chi connectivity index (χ0v) is 15.4. The standard InChI is InChI=1S/C20H27N5O/c1-14(26)23-19-12-21-10-9-15(19)7-8-18-20-16(11-22-18)13-25(24-20)17-5-3-2-4-6-17/h9-10,12-13,17-18,22H,2-8,11H2,1H3,(H,23,26). The molecule has 138 valence electrons. The molecule has 1 atom stereocenters. The Morgan fingerprint density at radius 3 is 3.00 bits per heavy atom. The molecule has 2 aromatic heterocycles. The fraction of sp³-hybridized carbons (Fsp3) is 0.550. The molecular formula is C20H27N5O. The number of fused-ring (bicyclic) bond motifs is 1. The van der Waals surface area contributed by atoms with Gasteiger partial charge >= 0.3 is 0 Å². The summed E-state index contributed by atoms with van der Waals surface area (Å²) in [6, 6.07) is 2.86. The van der Waals surface area contributed by atoms with Crippen LogP contribution in [-0.4, -0.2) is 20.7 Å². The van der Waals surface area contributed by atoms with Crippen LogP contribution in [0.15, 0.2) is 24.7 Å². The maximum Gasteiger partial charge on any atom is 0.221 e. The minimum absolute atomic E-state index is 0.0632. The molecule has 1 aliphatic carbocycles. The Kier molecular flexibility index (Phi) is 5.02. The first-order chi connectivity index (χ1) is 12.7. The summed E-state index contributed by atoms with van der Waals surface area (Å²) in [5.41, 5.74) is 4.49. The van der Waals surface area contributed by atoms with Crippen LogP contribution in [0.4, 0.5) is 5.69 Å². The maximum atomic E-state index is 11.4. The fourth-order valence-electron chi connectivity index (χ4n) is 4.22. The summed E-state index contributed by atoms with van der Waals surface area (Å²) < 4.78 is 2.23. The number of aromatic nitrogens is 3. The minimum atomic E-state index is -0.0632. The molecule has 6 heteroatoms. The number of hydrogen-bond donors (Lipinski definition) is 2. The molecule has 0 aromatic carbocycles. The van der Waals surface area contributed by atoms with E-state index < -0.39 is 0 Å². The van der Waals surface area contributed by atoms with Crippen molar-refractivity contribution in [3.63, 3.8) is 0 Å². The summed E-state index contributed by atoms with van der Waals surface area (Å²) in [4.78, 5) is 15.5. The van der Waals surface area contributed by atoms with Gasteiger partial charge in [-0.05, 0) is 37.3 Å². The first-order valence-electron chi connectivity index (χ1n) is 9.72. The highest BCUT2D eigenvalue weighted by Gasteiger charge is 2.27. The van der Waals surface area contributed by atoms with Crippen LogP contribution in [0.2, 0.25) is 0 Å². The predicted molar refractivity (Wildman–Crippen MR) is 101 cm³/mol. The molecule has 0 radical (unpaired) electrons. The van der Waals surface area contributed by atoms with Crippen molar-refractivity contribution in [3.05, 3.63) is 41.5 Å². The topological polar surface area (TPSA) is 71.8 Å². The third-order valence-electron chi connectivity index (χ3n) is 5.58. The Morgan fingerprint density at radius 1 is 1.35 bits per heavy atom. The van der Waals surface area contributed by atoms with Crippen molar-refractivity contribution >= 4 is 11.6 Å². The molecule has 26 heavy (non-hydrogen) atoms. The lowest BCUT2D eigenvalue weighted by Crippen LogP contribution is -2.18. The lowest BCUT2D eigenvalue weighted by atomic mass is 9.96. The van der Waals surface area contributed by atoms with Crippen LogP contribution in [0.3, 0.4) is 0 Å². The van der Waals surface area contributed by atoms with Gasteiger partial charge in [0.15, 0.2) is 0 Å². The van der Waals surface area contributed by atoms with E-state index in [4.69, 9.17) is 5.10 Å². The van der Waals surface area contributed by atoms with E-state index >= 15 is 0 Å². The molecule has 1 fully saturated rings. The Balaban J connectivity index is 1.44. The second-order valence-corrected chi connectivity index (χ2v) is 7.50. The van der Waals surface area contributed by atoms with E-state index in [1.54, 1.807) is 12.4 Å². The first-order valence-corrected chi connectivity index (χ1v) is 9.72. The largest absolute Gasteiger partial charge is 0.325 e. The number of rotatable bonds is 5. The van der Waals surface area contributed by atoms with Crippen molar-refractivity contribution in [2.45, 2.75) is 70.5 Å². The summed E-state index contributed by atoms with van der Waals surface area (Å²) in [7, 11) is 0. The van der Waals surface area contributed by atoms with E-state index in [0.29, 0.717) is 6.04 Å². The van der Waals surface area contributed by atoms with Gasteiger partial charge in [0.2, 0.25) is 5.91 Å². The highest BCUT2D eigenvalue weighted by molar-refractivity contribution is 5.89. The van der Waals surface area contributed by atoms with Crippen molar-refractivity contribution in [2.24, 2.45) is 0 Å². The quantitative estimate of drug-likeness (QED) is 0.863. The summed E-state index contributed by atoms with van der Waals surface area (Å²) in [6.07, 6.45) is 14.1. The molecule has 3 heterocycles. The predicted octanol–water partition coefficient (Wildman–Crippen LogP) is 3.52. The zero-order chi connectivity index (χ0) is 17.9. The van der Waals surface area contributed by atoms with Crippen LogP contribution in [0, 0.1) is 0 Å². The van der Waals surface area contributed by atoms with Crippen LogP contribution >= 0.6 is 0 Å². The summed E-state index contributed by atoms with van der Waals surface area (Å²) in [5.74, 6) is -0.0632. The van der Waals surface area contributed by atoms with Gasteiger partial charge in [-0.25, -0.2) is 0 Å². The fourth-order valence-corrected chi connectivity index (χ4v) is 4.22. The van der Waals surface area contributed by atoms with Crippen molar-refractivity contribution in [3.8, 4) is 0 Å². The summed E-state index contributed by atoms with van der Waals surface area (Å²) >= 11 is 0. The number of anilines is 1. The van der Waals surface area contributed by atoms with Crippen LogP contribution in [0.5, 0.6) is 0 Å². The normalized spacial score (nSPS) is 20.1. The molecule has 2 N–H and O–H groups in total. The van der Waals surface area contributed by atoms with Gasteiger partial charge in [-0.1, -0.05) is 19.3 Å². The number of hydrogen-bond acceptors (Lipinski definition) is 4. The van der Waals surface area contributed by atoms with E-state index in [0.717, 1.165) is 30.6 Å². The number of carbonyl (C=O) groups excluding carboxylic acids is 1. The second-order valence-electron chi connectivity index (χ2n) is 7.50. The Bertz CT molecular complexity index is 778. The Labute approximate surface area is 154 Å². The highest BCUT2D eigenvalue weighted by atomic mass is 16.1. The Morgan fingerprint density at radius 2 is 2.19 bits per heavy atom. The number of amides is 1. The minimum Gasteiger partial charge on any atom is -0.325 e. The van der Waals surface area contributed by atoms with Crippen LogP contribution < -0.4 is 10.6 Å². The van der Waals surface area contributed by atoms with Gasteiger partial charge in [-0.3, -0.25) is 14.5 Å². The van der Waals surface area contributed by atoms with Gasteiger partial charge in [-0.15, -0.1) is 0 Å². The number of aryl methyl sites for hydroxylation is 1. The van der Waals surface area contributed by atoms with Gasteiger partial charge in [0.05, 0.1) is 29.7 Å². The van der Waals surface area contributed by atoms with Gasteiger partial charge in [0.1, 0.15) is 0 Å². The van der Waals surface area contributed by atoms with E-state index in [1.807, 2.05) is 6.07 Å². The average Bonchev–Trinajstić information content (AvgIpc) is 3.22. The van der Waals surface area contributed by atoms with Crippen molar-refractivity contribution in [1.82, 2.24) is 20.1 Å². The molecule has 1 unspecified atom stereocenters. The van der Waals surface area contributed by atoms with Gasteiger partial charge in [-0.2, -0.15) is 5.10 Å². The summed E-state index contributed by atoms with van der Waals surface area (Å²) in [5, 5.41) is 11.4. The SMILES string of the molecule is CC(=O)Nc1cnccc1CCC1NCc2cn(C3CCCCC3)nc21. The second kappa shape index (κ2) is 7.58. The van der Waals surface area contributed by atoms with Crippen molar-refractivity contribution in [1.29, 1.82) is 0 Å². The van der Waals surface area contributed by atoms with Crippen LogP contribution in [0.1, 0.15) is 74.4 Å². The number of nitrogens with zero attached hydrogens (tertiary/aromatic N) is 3. The molecule has 1 aliphatic heterocycles. The monoisotopic (exact) mass is 353 g/mol. The van der Waals surface area contributed by atoms with Crippen LogP contribution in [0.25, 0.3) is 0 Å². The van der Waals surface area contributed by atoms with E-state index in [9.17, 15) is 4.79 Å². The molecular weight excluding hydrogens is 326 g/mol. The lowest BCUT2D eigenvalue weighted by molar-refractivity contribution is -0.114. The molecule has 0 spiro atoms. The van der Waals surface area contributed by atoms with Gasteiger partial charge in [0, 0.05) is 31.4 Å². The molecule has 0 bridgehead atoms. The number of pyridine rings is 1. The Hall–Kier alpha value is -2.21. The average molecular weight is 353 g/mol. The van der Waals surface area contributed by atoms with E-state index in [1.165, 1.54) is 50.3 Å². The molecule has 4 rings (SSSR count). The lowest BCUT2D eigenvalue weighted by Gasteiger charge is -2.22. The van der Waals surface area contributed by atoms with Crippen molar-refractivity contribution < 1.29 is 4.79 Å². The van der Waals surface area contributed by atoms with E-state index in [2.05, 4.69) is 26.5 Å². The maximum absolute atomic E-state index is 11.4. The number of nitrogens with one attached hydrogen (secondary N) is 2. The van der Waals surface area contributed by atoms with Crippen LogP contribution in [-0.2, 0) is 17.8 Å². The van der Waals surface area contributed by atoms with E-state index in [-0.39, 0.29) is 11.9 Å². The van der Waals surface area contributed by atoms with Gasteiger partial charge in [0.25, 0.3) is 0 Å². The molecule has 1 amide bonds. The molecule has 6 nitrogen and oxygen atoms in total. The van der Waals surface area contributed by atoms with Gasteiger partial charge < -0.3 is 10.6 Å². The molecule has 2 aliphatic rings. The first kappa shape index (κ1) is 17.2.